The highest BCUT2D eigenvalue weighted by Gasteiger charge is 2.34. The number of hydrogen-bond donors (Lipinski definition) is 0. The molecule has 1 heterocycles. The van der Waals surface area contributed by atoms with E-state index in [0.717, 1.165) is 26.5 Å². The summed E-state index contributed by atoms with van der Waals surface area (Å²) in [7, 11) is 1.53. The minimum absolute atomic E-state index is 0.224. The van der Waals surface area contributed by atoms with Crippen LogP contribution in [0, 0.1) is 3.57 Å². The third-order valence-electron chi connectivity index (χ3n) is 4.39. The maximum atomic E-state index is 12.6. The van der Waals surface area contributed by atoms with Crippen molar-refractivity contribution in [2.75, 3.05) is 26.9 Å². The predicted molar refractivity (Wildman–Crippen MR) is 136 cm³/mol. The van der Waals surface area contributed by atoms with Crippen molar-refractivity contribution in [1.82, 2.24) is 4.90 Å². The van der Waals surface area contributed by atoms with Gasteiger partial charge >= 0.3 is 0 Å². The Morgan fingerprint density at radius 3 is 2.59 bits per heavy atom. The van der Waals surface area contributed by atoms with E-state index in [1.165, 1.54) is 12.0 Å². The molecule has 32 heavy (non-hydrogen) atoms. The molecule has 2 aromatic rings. The second-order valence-electron chi connectivity index (χ2n) is 6.63. The molecule has 0 aliphatic carbocycles. The van der Waals surface area contributed by atoms with Crippen LogP contribution in [0.15, 0.2) is 35.2 Å². The number of carbonyl (C=O) groups excluding carboxylic acids is 2. The highest BCUT2D eigenvalue weighted by Crippen LogP contribution is 2.38. The Labute approximate surface area is 214 Å². The molecule has 2 amide bonds. The van der Waals surface area contributed by atoms with Crippen LogP contribution in [0.3, 0.4) is 0 Å². The van der Waals surface area contributed by atoms with Crippen LogP contribution in [0.25, 0.3) is 6.08 Å². The summed E-state index contributed by atoms with van der Waals surface area (Å²) in [5.74, 6) is 0.804. The smallest absolute Gasteiger partial charge is 0.293 e. The summed E-state index contributed by atoms with van der Waals surface area (Å²) in [6.07, 6.45) is 1.69. The first-order valence-electron chi connectivity index (χ1n) is 9.61. The number of halogens is 3. The molecule has 0 N–H and O–H groups in total. The van der Waals surface area contributed by atoms with Gasteiger partial charge in [0, 0.05) is 7.11 Å². The highest BCUT2D eigenvalue weighted by molar-refractivity contribution is 14.1. The quantitative estimate of drug-likeness (QED) is 0.248. The summed E-state index contributed by atoms with van der Waals surface area (Å²) in [6, 6.07) is 8.98. The molecule has 0 atom stereocenters. The van der Waals surface area contributed by atoms with Crippen LogP contribution in [-0.2, 0) is 16.1 Å². The van der Waals surface area contributed by atoms with Crippen LogP contribution in [0.4, 0.5) is 4.79 Å². The van der Waals surface area contributed by atoms with Gasteiger partial charge in [-0.15, -0.1) is 0 Å². The average Bonchev–Trinajstić information content (AvgIpc) is 3.01. The van der Waals surface area contributed by atoms with E-state index >= 15 is 0 Å². The Hall–Kier alpha value is -1.46. The number of hydrogen-bond acceptors (Lipinski definition) is 6. The molecule has 0 aromatic heterocycles. The van der Waals surface area contributed by atoms with E-state index in [1.54, 1.807) is 24.3 Å². The number of thioether (sulfide) groups is 1. The van der Waals surface area contributed by atoms with Crippen LogP contribution >= 0.6 is 57.6 Å². The molecule has 6 nitrogen and oxygen atoms in total. The number of amides is 2. The lowest BCUT2D eigenvalue weighted by Gasteiger charge is -2.15. The molecule has 1 aliphatic heterocycles. The molecule has 170 valence electrons. The molecule has 0 spiro atoms. The van der Waals surface area contributed by atoms with Gasteiger partial charge in [0.05, 0.1) is 38.3 Å². The molecule has 0 saturated carbocycles. The van der Waals surface area contributed by atoms with Gasteiger partial charge in [-0.05, 0) is 82.7 Å². The van der Waals surface area contributed by atoms with Crippen molar-refractivity contribution in [2.45, 2.75) is 13.5 Å². The molecule has 0 bridgehead atoms. The Bertz CT molecular complexity index is 1060. The van der Waals surface area contributed by atoms with Gasteiger partial charge in [0.25, 0.3) is 11.1 Å². The van der Waals surface area contributed by atoms with Crippen LogP contribution in [0.1, 0.15) is 18.1 Å². The molecule has 3 rings (SSSR count). The summed E-state index contributed by atoms with van der Waals surface area (Å²) in [6.45, 7) is 3.12. The lowest BCUT2D eigenvalue weighted by Crippen LogP contribution is -2.31. The number of carbonyl (C=O) groups is 2. The number of ether oxygens (including phenoxy) is 3. The minimum atomic E-state index is -0.329. The van der Waals surface area contributed by atoms with Crippen LogP contribution in [-0.4, -0.2) is 42.9 Å². The molecule has 0 radical (unpaired) electrons. The van der Waals surface area contributed by atoms with E-state index in [4.69, 9.17) is 37.4 Å². The largest absolute Gasteiger partial charge is 0.490 e. The van der Waals surface area contributed by atoms with Crippen molar-refractivity contribution in [1.29, 1.82) is 0 Å². The highest BCUT2D eigenvalue weighted by atomic mass is 127. The van der Waals surface area contributed by atoms with E-state index in [2.05, 4.69) is 22.6 Å². The molecule has 1 saturated heterocycles. The summed E-state index contributed by atoms with van der Waals surface area (Å²) in [5, 5.41) is 0.637. The Morgan fingerprint density at radius 2 is 1.91 bits per heavy atom. The third kappa shape index (κ3) is 6.11. The average molecular weight is 608 g/mol. The Morgan fingerprint density at radius 1 is 1.12 bits per heavy atom. The van der Waals surface area contributed by atoms with Crippen molar-refractivity contribution in [3.8, 4) is 11.5 Å². The van der Waals surface area contributed by atoms with Gasteiger partial charge in [0.15, 0.2) is 11.5 Å². The van der Waals surface area contributed by atoms with Crippen LogP contribution < -0.4 is 9.47 Å². The van der Waals surface area contributed by atoms with Gasteiger partial charge in [-0.25, -0.2) is 0 Å². The van der Waals surface area contributed by atoms with Gasteiger partial charge < -0.3 is 14.2 Å². The lowest BCUT2D eigenvalue weighted by molar-refractivity contribution is -0.123. The summed E-state index contributed by atoms with van der Waals surface area (Å²) in [4.78, 5) is 26.3. The first kappa shape index (κ1) is 25.2. The van der Waals surface area contributed by atoms with Gasteiger partial charge in [-0.2, -0.15) is 0 Å². The first-order chi connectivity index (χ1) is 15.3. The maximum absolute atomic E-state index is 12.6. The molecular formula is C22H20Cl2INO5S. The zero-order chi connectivity index (χ0) is 23.3. The van der Waals surface area contributed by atoms with Crippen molar-refractivity contribution in [2.24, 2.45) is 0 Å². The molecule has 2 aromatic carbocycles. The normalized spacial score (nSPS) is 15.0. The SMILES string of the molecule is CCOc1cc(/C=C2/SC(=O)N(CCOC)C2=O)cc(I)c1OCc1ccc(Cl)c(Cl)c1. The van der Waals surface area contributed by atoms with Crippen molar-refractivity contribution >= 4 is 74.8 Å². The topological polar surface area (TPSA) is 65.1 Å². The number of rotatable bonds is 9. The minimum Gasteiger partial charge on any atom is -0.490 e. The monoisotopic (exact) mass is 607 g/mol. The van der Waals surface area contributed by atoms with E-state index in [-0.39, 0.29) is 24.3 Å². The second-order valence-corrected chi connectivity index (χ2v) is 9.60. The van der Waals surface area contributed by atoms with Crippen LogP contribution in [0.2, 0.25) is 10.0 Å². The van der Waals surface area contributed by atoms with E-state index in [1.807, 2.05) is 19.1 Å². The standard InChI is InChI=1S/C22H20Cl2INO5S/c1-3-30-18-10-14(11-19-21(27)26(6-7-29-2)22(28)32-19)9-17(25)20(18)31-12-13-4-5-15(23)16(24)8-13/h4-5,8-11H,3,6-7,12H2,1-2H3/b19-11+. The lowest BCUT2D eigenvalue weighted by atomic mass is 10.1. The Balaban J connectivity index is 1.83. The van der Waals surface area contributed by atoms with Crippen molar-refractivity contribution < 1.29 is 23.8 Å². The number of benzene rings is 2. The van der Waals surface area contributed by atoms with E-state index in [9.17, 15) is 9.59 Å². The first-order valence-corrected chi connectivity index (χ1v) is 12.3. The van der Waals surface area contributed by atoms with Gasteiger partial charge in [0.2, 0.25) is 0 Å². The zero-order valence-corrected chi connectivity index (χ0v) is 21.8. The number of imide groups is 1. The molecular weight excluding hydrogens is 588 g/mol. The molecule has 0 unspecified atom stereocenters. The zero-order valence-electron chi connectivity index (χ0n) is 17.3. The van der Waals surface area contributed by atoms with Gasteiger partial charge in [0.1, 0.15) is 6.61 Å². The number of methoxy groups -OCH3 is 1. The number of nitrogens with zero attached hydrogens (tertiary/aromatic N) is 1. The third-order valence-corrected chi connectivity index (χ3v) is 6.84. The fourth-order valence-electron chi connectivity index (χ4n) is 2.89. The van der Waals surface area contributed by atoms with E-state index in [0.29, 0.717) is 39.7 Å². The fraction of sp³-hybridized carbons (Fsp3) is 0.273. The summed E-state index contributed by atoms with van der Waals surface area (Å²) in [5.41, 5.74) is 1.60. The maximum Gasteiger partial charge on any atom is 0.293 e. The van der Waals surface area contributed by atoms with Crippen molar-refractivity contribution in [3.05, 3.63) is 60.0 Å². The molecule has 1 fully saturated rings. The Kier molecular flexibility index (Phi) is 9.13. The van der Waals surface area contributed by atoms with E-state index < -0.39 is 0 Å². The van der Waals surface area contributed by atoms with Crippen LogP contribution in [0.5, 0.6) is 11.5 Å². The van der Waals surface area contributed by atoms with Gasteiger partial charge in [-0.1, -0.05) is 29.3 Å². The second kappa shape index (κ2) is 11.6. The molecule has 1 aliphatic rings. The van der Waals surface area contributed by atoms with Crippen molar-refractivity contribution in [3.63, 3.8) is 0 Å². The summed E-state index contributed by atoms with van der Waals surface area (Å²) < 4.78 is 17.6. The predicted octanol–water partition coefficient (Wildman–Crippen LogP) is 6.26. The summed E-state index contributed by atoms with van der Waals surface area (Å²) >= 11 is 15.1. The fourth-order valence-corrected chi connectivity index (χ4v) is 4.85. The van der Waals surface area contributed by atoms with Gasteiger partial charge in [-0.3, -0.25) is 14.5 Å². The molecule has 10 heteroatoms.